The molecule has 0 radical (unpaired) electrons. The number of nitrogens with one attached hydrogen (secondary N) is 1. The summed E-state index contributed by atoms with van der Waals surface area (Å²) in [6.07, 6.45) is 0.410. The largest absolute Gasteiger partial charge is 0.393 e. The molecular weight excluding hydrogens is 212 g/mol. The van der Waals surface area contributed by atoms with Crippen molar-refractivity contribution in [1.82, 2.24) is 5.32 Å². The van der Waals surface area contributed by atoms with E-state index in [9.17, 15) is 13.9 Å². The molecule has 2 atom stereocenters. The predicted molar refractivity (Wildman–Crippen MR) is 57.0 cm³/mol. The average molecular weight is 227 g/mol. The summed E-state index contributed by atoms with van der Waals surface area (Å²) in [5.41, 5.74) is 0.0789. The number of halogens is 2. The molecule has 1 aromatic carbocycles. The van der Waals surface area contributed by atoms with E-state index in [1.807, 2.05) is 0 Å². The Balaban J connectivity index is 2.13. The van der Waals surface area contributed by atoms with Gasteiger partial charge in [-0.2, -0.15) is 0 Å². The monoisotopic (exact) mass is 227 g/mol. The maximum absolute atomic E-state index is 13.4. The molecule has 1 saturated heterocycles. The summed E-state index contributed by atoms with van der Waals surface area (Å²) in [6.45, 7) is 1.37. The third-order valence-corrected chi connectivity index (χ3v) is 3.10. The van der Waals surface area contributed by atoms with Crippen LogP contribution in [0.3, 0.4) is 0 Å². The second kappa shape index (κ2) is 4.89. The highest BCUT2D eigenvalue weighted by Crippen LogP contribution is 2.21. The second-order valence-corrected chi connectivity index (χ2v) is 4.22. The van der Waals surface area contributed by atoms with Gasteiger partial charge in [0.05, 0.1) is 6.10 Å². The van der Waals surface area contributed by atoms with Gasteiger partial charge in [0.2, 0.25) is 0 Å². The van der Waals surface area contributed by atoms with E-state index in [0.717, 1.165) is 6.54 Å². The Morgan fingerprint density at radius 3 is 2.62 bits per heavy atom. The maximum Gasteiger partial charge on any atom is 0.129 e. The lowest BCUT2D eigenvalue weighted by Gasteiger charge is -2.28. The van der Waals surface area contributed by atoms with Gasteiger partial charge in [0, 0.05) is 18.0 Å². The quantitative estimate of drug-likeness (QED) is 0.802. The molecular formula is C12H15F2NO. The molecule has 1 fully saturated rings. The second-order valence-electron chi connectivity index (χ2n) is 4.22. The van der Waals surface area contributed by atoms with Crippen LogP contribution in [0, 0.1) is 17.6 Å². The minimum Gasteiger partial charge on any atom is -0.393 e. The van der Waals surface area contributed by atoms with Gasteiger partial charge in [0.25, 0.3) is 0 Å². The standard InChI is InChI=1S/C12H15F2NO/c13-10-2-1-3-11(14)9(10)6-8-7-15-5-4-12(8)16/h1-3,8,12,15-16H,4-7H2. The van der Waals surface area contributed by atoms with E-state index in [1.54, 1.807) is 0 Å². The lowest BCUT2D eigenvalue weighted by molar-refractivity contribution is 0.0783. The molecule has 4 heteroatoms. The molecule has 1 heterocycles. The molecule has 2 rings (SSSR count). The summed E-state index contributed by atoms with van der Waals surface area (Å²) in [6, 6.07) is 3.85. The number of hydrogen-bond donors (Lipinski definition) is 2. The zero-order valence-corrected chi connectivity index (χ0v) is 8.92. The molecule has 0 bridgehead atoms. The van der Waals surface area contributed by atoms with Gasteiger partial charge < -0.3 is 10.4 Å². The number of piperidine rings is 1. The number of aliphatic hydroxyl groups is 1. The molecule has 1 aromatic rings. The molecule has 2 unspecified atom stereocenters. The van der Waals surface area contributed by atoms with Gasteiger partial charge in [-0.1, -0.05) is 6.07 Å². The highest BCUT2D eigenvalue weighted by molar-refractivity contribution is 5.20. The van der Waals surface area contributed by atoms with Crippen molar-refractivity contribution in [3.63, 3.8) is 0 Å². The van der Waals surface area contributed by atoms with E-state index in [0.29, 0.717) is 13.0 Å². The van der Waals surface area contributed by atoms with Crippen LogP contribution in [0.15, 0.2) is 18.2 Å². The van der Waals surface area contributed by atoms with E-state index in [4.69, 9.17) is 0 Å². The van der Waals surface area contributed by atoms with Gasteiger partial charge in [-0.25, -0.2) is 8.78 Å². The Kier molecular flexibility index (Phi) is 3.51. The Morgan fingerprint density at radius 2 is 2.00 bits per heavy atom. The van der Waals surface area contributed by atoms with Gasteiger partial charge in [0.1, 0.15) is 11.6 Å². The molecule has 16 heavy (non-hydrogen) atoms. The normalized spacial score (nSPS) is 25.7. The van der Waals surface area contributed by atoms with Crippen molar-refractivity contribution >= 4 is 0 Å². The Morgan fingerprint density at radius 1 is 1.31 bits per heavy atom. The van der Waals surface area contributed by atoms with Gasteiger partial charge in [-0.3, -0.25) is 0 Å². The summed E-state index contributed by atoms with van der Waals surface area (Å²) in [4.78, 5) is 0. The molecule has 0 amide bonds. The summed E-state index contributed by atoms with van der Waals surface area (Å²) in [5.74, 6) is -1.17. The molecule has 0 spiro atoms. The average Bonchev–Trinajstić information content (AvgIpc) is 2.26. The topological polar surface area (TPSA) is 32.3 Å². The third kappa shape index (κ3) is 2.39. The van der Waals surface area contributed by atoms with Crippen molar-refractivity contribution in [2.45, 2.75) is 18.9 Å². The molecule has 1 aliphatic heterocycles. The van der Waals surface area contributed by atoms with Gasteiger partial charge in [-0.15, -0.1) is 0 Å². The zero-order valence-electron chi connectivity index (χ0n) is 8.92. The fraction of sp³-hybridized carbons (Fsp3) is 0.500. The van der Waals surface area contributed by atoms with E-state index < -0.39 is 17.7 Å². The first-order valence-electron chi connectivity index (χ1n) is 5.50. The molecule has 88 valence electrons. The van der Waals surface area contributed by atoms with Crippen LogP contribution in [0.2, 0.25) is 0 Å². The fourth-order valence-electron chi connectivity index (χ4n) is 2.11. The molecule has 0 aliphatic carbocycles. The highest BCUT2D eigenvalue weighted by Gasteiger charge is 2.25. The summed E-state index contributed by atoms with van der Waals surface area (Å²) < 4.78 is 26.8. The first-order valence-corrected chi connectivity index (χ1v) is 5.50. The number of benzene rings is 1. The highest BCUT2D eigenvalue weighted by atomic mass is 19.1. The van der Waals surface area contributed by atoms with Crippen LogP contribution in [-0.4, -0.2) is 24.3 Å². The van der Waals surface area contributed by atoms with Crippen LogP contribution in [0.4, 0.5) is 8.78 Å². The van der Waals surface area contributed by atoms with E-state index >= 15 is 0 Å². The first kappa shape index (κ1) is 11.5. The van der Waals surface area contributed by atoms with Crippen LogP contribution in [0.1, 0.15) is 12.0 Å². The summed E-state index contributed by atoms with van der Waals surface area (Å²) >= 11 is 0. The lowest BCUT2D eigenvalue weighted by atomic mass is 9.89. The number of rotatable bonds is 2. The van der Waals surface area contributed by atoms with Crippen molar-refractivity contribution < 1.29 is 13.9 Å². The van der Waals surface area contributed by atoms with Crippen LogP contribution in [-0.2, 0) is 6.42 Å². The predicted octanol–water partition coefficient (Wildman–Crippen LogP) is 1.48. The molecule has 0 saturated carbocycles. The van der Waals surface area contributed by atoms with Crippen molar-refractivity contribution in [3.05, 3.63) is 35.4 Å². The Labute approximate surface area is 93.3 Å². The minimum atomic E-state index is -0.530. The van der Waals surface area contributed by atoms with E-state index in [2.05, 4.69) is 5.32 Å². The van der Waals surface area contributed by atoms with Crippen LogP contribution >= 0.6 is 0 Å². The van der Waals surface area contributed by atoms with E-state index in [1.165, 1.54) is 18.2 Å². The molecule has 0 aromatic heterocycles. The smallest absolute Gasteiger partial charge is 0.129 e. The molecule has 1 aliphatic rings. The van der Waals surface area contributed by atoms with Crippen molar-refractivity contribution in [3.8, 4) is 0 Å². The fourth-order valence-corrected chi connectivity index (χ4v) is 2.11. The summed E-state index contributed by atoms with van der Waals surface area (Å²) in [5, 5.41) is 12.8. The number of aliphatic hydroxyl groups excluding tert-OH is 1. The molecule has 2 N–H and O–H groups in total. The van der Waals surface area contributed by atoms with Crippen LogP contribution in [0.25, 0.3) is 0 Å². The van der Waals surface area contributed by atoms with Gasteiger partial charge >= 0.3 is 0 Å². The van der Waals surface area contributed by atoms with Crippen LogP contribution in [0.5, 0.6) is 0 Å². The Bertz CT molecular complexity index is 350. The van der Waals surface area contributed by atoms with Crippen molar-refractivity contribution in [1.29, 1.82) is 0 Å². The zero-order chi connectivity index (χ0) is 11.5. The van der Waals surface area contributed by atoms with Crippen molar-refractivity contribution in [2.75, 3.05) is 13.1 Å². The van der Waals surface area contributed by atoms with Crippen molar-refractivity contribution in [2.24, 2.45) is 5.92 Å². The third-order valence-electron chi connectivity index (χ3n) is 3.10. The SMILES string of the molecule is OC1CCNCC1Cc1c(F)cccc1F. The van der Waals surface area contributed by atoms with E-state index in [-0.39, 0.29) is 17.9 Å². The van der Waals surface area contributed by atoms with Crippen LogP contribution < -0.4 is 5.32 Å². The minimum absolute atomic E-state index is 0.0789. The first-order chi connectivity index (χ1) is 7.68. The molecule has 2 nitrogen and oxygen atoms in total. The Hall–Kier alpha value is -1.00. The maximum atomic E-state index is 13.4. The van der Waals surface area contributed by atoms with Gasteiger partial charge in [-0.05, 0) is 31.5 Å². The summed E-state index contributed by atoms with van der Waals surface area (Å²) in [7, 11) is 0. The lowest BCUT2D eigenvalue weighted by Crippen LogP contribution is -2.41. The number of hydrogen-bond acceptors (Lipinski definition) is 2. The van der Waals surface area contributed by atoms with Gasteiger partial charge in [0.15, 0.2) is 0 Å².